The summed E-state index contributed by atoms with van der Waals surface area (Å²) in [5.74, 6) is -1.77. The molecule has 1 saturated heterocycles. The number of hydrogen-bond donors (Lipinski definition) is 1. The van der Waals surface area contributed by atoms with E-state index in [1.807, 2.05) is 12.1 Å². The van der Waals surface area contributed by atoms with Crippen LogP contribution in [0.15, 0.2) is 29.2 Å². The van der Waals surface area contributed by atoms with Crippen LogP contribution in [0.3, 0.4) is 0 Å². The van der Waals surface area contributed by atoms with Gasteiger partial charge in [0, 0.05) is 24.0 Å². The van der Waals surface area contributed by atoms with E-state index in [9.17, 15) is 8.78 Å². The predicted molar refractivity (Wildman–Crippen MR) is 75.3 cm³/mol. The topological polar surface area (TPSA) is 29.3 Å². The molecule has 1 aliphatic heterocycles. The van der Waals surface area contributed by atoms with E-state index in [1.54, 1.807) is 12.1 Å². The fraction of sp³-hybridized carbons (Fsp3) is 0.571. The lowest BCUT2D eigenvalue weighted by Crippen LogP contribution is -2.29. The molecule has 0 aromatic heterocycles. The number of alkyl halides is 2. The van der Waals surface area contributed by atoms with Crippen LogP contribution >= 0.6 is 11.8 Å². The molecule has 0 radical (unpaired) electrons. The van der Waals surface area contributed by atoms with Gasteiger partial charge in [0.2, 0.25) is 0 Å². The summed E-state index contributed by atoms with van der Waals surface area (Å²) in [6, 6.07) is 7.65. The van der Waals surface area contributed by atoms with Crippen LogP contribution in [0.1, 0.15) is 18.9 Å². The minimum Gasteiger partial charge on any atom is -0.328 e. The normalized spacial score (nSPS) is 22.1. The zero-order valence-electron chi connectivity index (χ0n) is 11.1. The highest BCUT2D eigenvalue weighted by atomic mass is 32.2. The Kier molecular flexibility index (Phi) is 5.19. The van der Waals surface area contributed by atoms with E-state index in [2.05, 4.69) is 11.8 Å². The van der Waals surface area contributed by atoms with Crippen LogP contribution in [0.25, 0.3) is 0 Å². The molecule has 1 fully saturated rings. The van der Waals surface area contributed by atoms with Gasteiger partial charge in [0.1, 0.15) is 0 Å². The molecular formula is C14H20F2N2S. The molecule has 106 valence electrons. The van der Waals surface area contributed by atoms with Crippen molar-refractivity contribution in [2.45, 2.75) is 36.6 Å². The van der Waals surface area contributed by atoms with Crippen molar-refractivity contribution in [1.29, 1.82) is 0 Å². The molecule has 0 aliphatic carbocycles. The SMILES string of the molecule is CC(N)C1CCN(Cc2ccc(SC(F)F)cc2)C1. The van der Waals surface area contributed by atoms with Gasteiger partial charge in [-0.3, -0.25) is 4.90 Å². The Bertz CT molecular complexity index is 395. The molecule has 0 saturated carbocycles. The number of hydrogen-bond acceptors (Lipinski definition) is 3. The van der Waals surface area contributed by atoms with Gasteiger partial charge in [-0.2, -0.15) is 8.78 Å². The molecule has 1 aromatic carbocycles. The first-order chi connectivity index (χ1) is 9.04. The Balaban J connectivity index is 1.86. The standard InChI is InChI=1S/C14H20F2N2S/c1-10(17)12-6-7-18(9-12)8-11-2-4-13(5-3-11)19-14(15)16/h2-5,10,12,14H,6-9,17H2,1H3. The summed E-state index contributed by atoms with van der Waals surface area (Å²) in [6.07, 6.45) is 1.15. The number of halogens is 2. The van der Waals surface area contributed by atoms with Gasteiger partial charge in [0.05, 0.1) is 0 Å². The van der Waals surface area contributed by atoms with Crippen LogP contribution in [0, 0.1) is 5.92 Å². The van der Waals surface area contributed by atoms with Crippen LogP contribution in [-0.4, -0.2) is 29.8 Å². The lowest BCUT2D eigenvalue weighted by atomic mass is 10.0. The van der Waals surface area contributed by atoms with E-state index >= 15 is 0 Å². The van der Waals surface area contributed by atoms with Crippen molar-refractivity contribution in [2.24, 2.45) is 11.7 Å². The maximum absolute atomic E-state index is 12.2. The number of likely N-dealkylation sites (tertiary alicyclic amines) is 1. The molecule has 5 heteroatoms. The second-order valence-electron chi connectivity index (χ2n) is 5.17. The van der Waals surface area contributed by atoms with Crippen LogP contribution in [0.4, 0.5) is 8.78 Å². The molecule has 1 aliphatic rings. The van der Waals surface area contributed by atoms with E-state index in [1.165, 1.54) is 5.56 Å². The Morgan fingerprint density at radius 3 is 2.58 bits per heavy atom. The minimum absolute atomic E-state index is 0.245. The first-order valence-corrected chi connectivity index (χ1v) is 7.44. The number of nitrogens with zero attached hydrogens (tertiary/aromatic N) is 1. The van der Waals surface area contributed by atoms with Gasteiger partial charge >= 0.3 is 0 Å². The molecule has 1 heterocycles. The average Bonchev–Trinajstić information content (AvgIpc) is 2.80. The van der Waals surface area contributed by atoms with Crippen molar-refractivity contribution in [3.8, 4) is 0 Å². The number of thioether (sulfide) groups is 1. The van der Waals surface area contributed by atoms with Crippen molar-refractivity contribution in [3.63, 3.8) is 0 Å². The highest BCUT2D eigenvalue weighted by molar-refractivity contribution is 7.99. The minimum atomic E-state index is -2.35. The zero-order valence-corrected chi connectivity index (χ0v) is 11.9. The second-order valence-corrected chi connectivity index (χ2v) is 6.23. The van der Waals surface area contributed by atoms with Gasteiger partial charge in [0.15, 0.2) is 0 Å². The van der Waals surface area contributed by atoms with Gasteiger partial charge in [0.25, 0.3) is 5.76 Å². The summed E-state index contributed by atoms with van der Waals surface area (Å²) in [7, 11) is 0. The largest absolute Gasteiger partial charge is 0.328 e. The molecule has 1 aromatic rings. The third-order valence-electron chi connectivity index (χ3n) is 3.61. The molecule has 0 spiro atoms. The molecule has 19 heavy (non-hydrogen) atoms. The molecule has 2 N–H and O–H groups in total. The fourth-order valence-corrected chi connectivity index (χ4v) is 2.97. The van der Waals surface area contributed by atoms with E-state index in [0.717, 1.165) is 26.1 Å². The summed E-state index contributed by atoms with van der Waals surface area (Å²) in [6.45, 7) is 5.04. The Morgan fingerprint density at radius 2 is 2.05 bits per heavy atom. The quantitative estimate of drug-likeness (QED) is 0.843. The smallest absolute Gasteiger partial charge is 0.288 e. The Labute approximate surface area is 117 Å². The summed E-state index contributed by atoms with van der Waals surface area (Å²) in [5, 5.41) is 0. The number of rotatable bonds is 5. The Hall–Kier alpha value is -0.650. The van der Waals surface area contributed by atoms with Crippen LogP contribution in [0.2, 0.25) is 0 Å². The third-order valence-corrected chi connectivity index (χ3v) is 4.33. The molecule has 0 amide bonds. The molecule has 2 atom stereocenters. The Morgan fingerprint density at radius 1 is 1.37 bits per heavy atom. The van der Waals surface area contributed by atoms with Gasteiger partial charge < -0.3 is 5.73 Å². The molecule has 0 bridgehead atoms. The van der Waals surface area contributed by atoms with Crippen molar-refractivity contribution >= 4 is 11.8 Å². The monoisotopic (exact) mass is 286 g/mol. The molecule has 2 unspecified atom stereocenters. The van der Waals surface area contributed by atoms with Crippen molar-refractivity contribution in [3.05, 3.63) is 29.8 Å². The van der Waals surface area contributed by atoms with E-state index in [4.69, 9.17) is 5.73 Å². The highest BCUT2D eigenvalue weighted by Gasteiger charge is 2.24. The number of benzene rings is 1. The summed E-state index contributed by atoms with van der Waals surface area (Å²) < 4.78 is 24.4. The molecule has 2 nitrogen and oxygen atoms in total. The molecular weight excluding hydrogens is 266 g/mol. The van der Waals surface area contributed by atoms with Crippen molar-refractivity contribution < 1.29 is 8.78 Å². The maximum Gasteiger partial charge on any atom is 0.288 e. The number of nitrogens with two attached hydrogens (primary N) is 1. The first kappa shape index (κ1) is 14.8. The zero-order chi connectivity index (χ0) is 13.8. The van der Waals surface area contributed by atoms with Crippen LogP contribution in [-0.2, 0) is 6.54 Å². The van der Waals surface area contributed by atoms with Crippen molar-refractivity contribution in [2.75, 3.05) is 13.1 Å². The predicted octanol–water partition coefficient (Wildman–Crippen LogP) is 3.17. The highest BCUT2D eigenvalue weighted by Crippen LogP contribution is 2.26. The lowest BCUT2D eigenvalue weighted by Gasteiger charge is -2.18. The van der Waals surface area contributed by atoms with Crippen LogP contribution in [0.5, 0.6) is 0 Å². The summed E-state index contributed by atoms with van der Waals surface area (Å²) in [4.78, 5) is 3.00. The average molecular weight is 286 g/mol. The first-order valence-electron chi connectivity index (χ1n) is 6.56. The van der Waals surface area contributed by atoms with E-state index < -0.39 is 5.76 Å². The van der Waals surface area contributed by atoms with E-state index in [-0.39, 0.29) is 6.04 Å². The van der Waals surface area contributed by atoms with Crippen LogP contribution < -0.4 is 5.73 Å². The summed E-state index contributed by atoms with van der Waals surface area (Å²) in [5.41, 5.74) is 7.09. The van der Waals surface area contributed by atoms with E-state index in [0.29, 0.717) is 22.6 Å². The van der Waals surface area contributed by atoms with Gasteiger partial charge in [-0.05, 0) is 43.5 Å². The van der Waals surface area contributed by atoms with Gasteiger partial charge in [-0.15, -0.1) is 0 Å². The molecule has 2 rings (SSSR count). The fourth-order valence-electron chi connectivity index (χ4n) is 2.47. The van der Waals surface area contributed by atoms with Gasteiger partial charge in [-0.1, -0.05) is 23.9 Å². The third kappa shape index (κ3) is 4.44. The van der Waals surface area contributed by atoms with Crippen molar-refractivity contribution in [1.82, 2.24) is 4.90 Å². The van der Waals surface area contributed by atoms with Gasteiger partial charge in [-0.25, -0.2) is 0 Å². The summed E-state index contributed by atoms with van der Waals surface area (Å²) >= 11 is 0.591. The maximum atomic E-state index is 12.2. The lowest BCUT2D eigenvalue weighted by molar-refractivity contribution is 0.252. The second kappa shape index (κ2) is 6.68.